The van der Waals surface area contributed by atoms with Gasteiger partial charge >= 0.3 is 92.8 Å². The van der Waals surface area contributed by atoms with Crippen molar-refractivity contribution < 1.29 is 4.79 Å². The van der Waals surface area contributed by atoms with E-state index in [9.17, 15) is 4.79 Å². The minimum atomic E-state index is -1.07. The van der Waals surface area contributed by atoms with Crippen LogP contribution in [0.4, 0.5) is 0 Å². The Balaban J connectivity index is 2.09. The van der Waals surface area contributed by atoms with Gasteiger partial charge in [-0.2, -0.15) is 0 Å². The van der Waals surface area contributed by atoms with Gasteiger partial charge < -0.3 is 0 Å². The Morgan fingerprint density at radius 3 is 2.71 bits per heavy atom. The van der Waals surface area contributed by atoms with Crippen LogP contribution in [-0.2, 0) is 4.79 Å². The van der Waals surface area contributed by atoms with Crippen LogP contribution >= 0.6 is 19.8 Å². The summed E-state index contributed by atoms with van der Waals surface area (Å²) < 4.78 is 2.24. The van der Waals surface area contributed by atoms with Gasteiger partial charge in [-0.15, -0.1) is 0 Å². The predicted octanol–water partition coefficient (Wildman–Crippen LogP) is 0.967. The van der Waals surface area contributed by atoms with Crippen molar-refractivity contribution in [2.45, 2.75) is 28.7 Å². The van der Waals surface area contributed by atoms with Crippen molar-refractivity contribution in [1.82, 2.24) is 10.6 Å². The molecule has 82 valence electrons. The molecule has 4 heteroatoms. The van der Waals surface area contributed by atoms with E-state index >= 15 is 0 Å². The first-order valence-electron chi connectivity index (χ1n) is 5.11. The Bertz CT molecular complexity index is 249. The topological polar surface area (TPSA) is 41.1 Å². The molecule has 14 heavy (non-hydrogen) atoms. The monoisotopic (exact) mass is 310 g/mol. The second-order valence-corrected chi connectivity index (χ2v) is 11.3. The summed E-state index contributed by atoms with van der Waals surface area (Å²) >= 11 is -1.07. The average molecular weight is 310 g/mol. The van der Waals surface area contributed by atoms with Gasteiger partial charge in [-0.05, 0) is 0 Å². The molecule has 2 heterocycles. The molecule has 2 N–H and O–H groups in total. The van der Waals surface area contributed by atoms with E-state index in [1.54, 1.807) is 0 Å². The van der Waals surface area contributed by atoms with E-state index in [0.29, 0.717) is 5.78 Å². The van der Waals surface area contributed by atoms with E-state index in [2.05, 4.69) is 10.6 Å². The fourth-order valence-electron chi connectivity index (χ4n) is 1.89. The van der Waals surface area contributed by atoms with Crippen molar-refractivity contribution in [2.24, 2.45) is 5.41 Å². The number of Topliss-reactive ketones (excluding diaryl/α,β-unsaturated/α-hetero) is 1. The van der Waals surface area contributed by atoms with Gasteiger partial charge in [0.25, 0.3) is 0 Å². The molecule has 0 bridgehead atoms. The standard InChI is InChI=1S/C10H19IN2O/c1-10(2,3)8(14)9-11-6-12-4-7(11)5-13-9/h7,9,12-13H,4-6H2,1-3H3. The van der Waals surface area contributed by atoms with Crippen molar-refractivity contribution in [2.75, 3.05) is 17.6 Å². The molecule has 0 amide bonds. The number of halogens is 1. The molecule has 0 aliphatic carbocycles. The van der Waals surface area contributed by atoms with Crippen molar-refractivity contribution >= 4 is 25.6 Å². The Morgan fingerprint density at radius 2 is 2.07 bits per heavy atom. The van der Waals surface area contributed by atoms with E-state index in [-0.39, 0.29) is 9.46 Å². The molecule has 0 spiro atoms. The fraction of sp³-hybridized carbons (Fsp3) is 0.900. The summed E-state index contributed by atoms with van der Waals surface area (Å²) in [5.41, 5.74) is -0.174. The number of carbonyl (C=O) groups excluding carboxylic acids is 1. The summed E-state index contributed by atoms with van der Waals surface area (Å²) in [7, 11) is 0. The zero-order valence-corrected chi connectivity index (χ0v) is 11.2. The number of nitrogens with one attached hydrogen (secondary N) is 2. The van der Waals surface area contributed by atoms with Crippen LogP contribution in [0.3, 0.4) is 0 Å². The van der Waals surface area contributed by atoms with Gasteiger partial charge in [-0.1, -0.05) is 0 Å². The van der Waals surface area contributed by atoms with Crippen molar-refractivity contribution in [3.05, 3.63) is 0 Å². The van der Waals surface area contributed by atoms with Crippen LogP contribution in [0.5, 0.6) is 0 Å². The Labute approximate surface area is 92.8 Å². The number of hydrogen-bond acceptors (Lipinski definition) is 3. The SMILES string of the molecule is CC(C)(C)C(=O)C1NCC2CNCI21. The molecule has 2 atom stereocenters. The van der Waals surface area contributed by atoms with Gasteiger partial charge in [-0.3, -0.25) is 0 Å². The minimum absolute atomic E-state index is 0.174. The van der Waals surface area contributed by atoms with Gasteiger partial charge in [0.15, 0.2) is 0 Å². The molecule has 2 rings (SSSR count). The summed E-state index contributed by atoms with van der Waals surface area (Å²) in [4.78, 5) is 12.2. The molecule has 0 aromatic carbocycles. The normalized spacial score (nSPS) is 34.6. The zero-order valence-electron chi connectivity index (χ0n) is 9.06. The molecule has 0 saturated carbocycles. The molecule has 2 aliphatic rings. The van der Waals surface area contributed by atoms with E-state index in [1.807, 2.05) is 20.8 Å². The summed E-state index contributed by atoms with van der Waals surface area (Å²) in [6.07, 6.45) is 0. The average Bonchev–Trinajstić information content (AvgIpc) is 2.59. The summed E-state index contributed by atoms with van der Waals surface area (Å²) in [6.45, 7) is 8.31. The molecule has 2 unspecified atom stereocenters. The Hall–Kier alpha value is 0.320. The second-order valence-electron chi connectivity index (χ2n) is 5.00. The number of rotatable bonds is 1. The molecular formula is C10H19IN2O. The third-order valence-corrected chi connectivity index (χ3v) is 9.95. The Morgan fingerprint density at radius 1 is 1.36 bits per heavy atom. The number of fused-ring (bicyclic) bond motifs is 1. The van der Waals surface area contributed by atoms with E-state index in [0.717, 1.165) is 21.6 Å². The van der Waals surface area contributed by atoms with Crippen LogP contribution in [0.2, 0.25) is 0 Å². The number of ketones is 1. The third-order valence-electron chi connectivity index (χ3n) is 2.78. The zero-order chi connectivity index (χ0) is 10.3. The fourth-order valence-corrected chi connectivity index (χ4v) is 9.08. The first kappa shape index (κ1) is 10.8. The third kappa shape index (κ3) is 1.84. The van der Waals surface area contributed by atoms with Crippen molar-refractivity contribution in [3.8, 4) is 0 Å². The Kier molecular flexibility index (Phi) is 2.87. The van der Waals surface area contributed by atoms with Crippen LogP contribution in [0.1, 0.15) is 20.8 Å². The summed E-state index contributed by atoms with van der Waals surface area (Å²) in [6, 6.07) is 0. The number of carbonyl (C=O) groups is 1. The number of hydrogen-bond donors (Lipinski definition) is 2. The summed E-state index contributed by atoms with van der Waals surface area (Å²) in [5, 5.41) is 6.88. The molecule has 3 nitrogen and oxygen atoms in total. The van der Waals surface area contributed by atoms with Crippen LogP contribution < -0.4 is 10.6 Å². The summed E-state index contributed by atoms with van der Waals surface area (Å²) in [5.74, 6) is 0.439. The van der Waals surface area contributed by atoms with Gasteiger partial charge in [-0.25, -0.2) is 0 Å². The molecule has 0 aromatic rings. The van der Waals surface area contributed by atoms with E-state index in [4.69, 9.17) is 0 Å². The van der Waals surface area contributed by atoms with E-state index < -0.39 is 19.8 Å². The van der Waals surface area contributed by atoms with Gasteiger partial charge in [0.1, 0.15) is 0 Å². The van der Waals surface area contributed by atoms with E-state index in [1.165, 1.54) is 0 Å². The molecule has 0 aromatic heterocycles. The van der Waals surface area contributed by atoms with Crippen LogP contribution in [0, 0.1) is 5.41 Å². The quantitative estimate of drug-likeness (QED) is 0.431. The molecule has 2 fully saturated rings. The molecule has 2 aliphatic heterocycles. The maximum atomic E-state index is 12.2. The van der Waals surface area contributed by atoms with Crippen LogP contribution in [-0.4, -0.2) is 31.4 Å². The van der Waals surface area contributed by atoms with Crippen molar-refractivity contribution in [1.29, 1.82) is 0 Å². The predicted molar refractivity (Wildman–Crippen MR) is 66.9 cm³/mol. The maximum absolute atomic E-state index is 12.2. The van der Waals surface area contributed by atoms with Crippen LogP contribution in [0.25, 0.3) is 0 Å². The second kappa shape index (κ2) is 3.72. The first-order chi connectivity index (χ1) is 6.50. The van der Waals surface area contributed by atoms with Gasteiger partial charge in [0.05, 0.1) is 0 Å². The van der Waals surface area contributed by atoms with Crippen molar-refractivity contribution in [3.63, 3.8) is 0 Å². The van der Waals surface area contributed by atoms with Gasteiger partial charge in [0.2, 0.25) is 0 Å². The molecular weight excluding hydrogens is 291 g/mol. The molecule has 2 saturated heterocycles. The van der Waals surface area contributed by atoms with Gasteiger partial charge in [0, 0.05) is 0 Å². The van der Waals surface area contributed by atoms with Crippen LogP contribution in [0.15, 0.2) is 0 Å². The molecule has 0 radical (unpaired) electrons. The number of alkyl halides is 3. The first-order valence-corrected chi connectivity index (χ1v) is 9.13.